The van der Waals surface area contributed by atoms with Gasteiger partial charge in [0.05, 0.1) is 18.4 Å². The molecule has 11 heteroatoms. The van der Waals surface area contributed by atoms with Crippen LogP contribution in [0.5, 0.6) is 0 Å². The molecule has 126 valence electrons. The largest absolute Gasteiger partial charge is 0.465 e. The molecule has 3 N–H and O–H groups in total. The predicted molar refractivity (Wildman–Crippen MR) is 81.9 cm³/mol. The molecule has 1 aromatic heterocycles. The van der Waals surface area contributed by atoms with E-state index in [2.05, 4.69) is 21.1 Å². The lowest BCUT2D eigenvalue weighted by Gasteiger charge is -2.06. The van der Waals surface area contributed by atoms with E-state index >= 15 is 0 Å². The summed E-state index contributed by atoms with van der Waals surface area (Å²) in [6, 6.07) is 6.48. The summed E-state index contributed by atoms with van der Waals surface area (Å²) in [5.41, 5.74) is 4.09. The minimum atomic E-state index is -0.962. The van der Waals surface area contributed by atoms with Gasteiger partial charge < -0.3 is 9.15 Å². The Balaban J connectivity index is 2.30. The van der Waals surface area contributed by atoms with Crippen LogP contribution in [0.25, 0.3) is 0 Å². The van der Waals surface area contributed by atoms with Gasteiger partial charge in [-0.25, -0.2) is 10.9 Å². The van der Waals surface area contributed by atoms with E-state index in [1.54, 1.807) is 24.3 Å². The van der Waals surface area contributed by atoms with E-state index in [9.17, 15) is 9.59 Å². The molecule has 2 heterocycles. The van der Waals surface area contributed by atoms with Crippen LogP contribution in [0.3, 0.4) is 0 Å². The fourth-order valence-corrected chi connectivity index (χ4v) is 1.79. The second-order valence-corrected chi connectivity index (χ2v) is 4.54. The smallest absolute Gasteiger partial charge is 0.254 e. The number of carbonyl (C=O) groups excluding carboxylic acids is 2. The van der Waals surface area contributed by atoms with Gasteiger partial charge in [-0.3, -0.25) is 15.0 Å². The van der Waals surface area contributed by atoms with Gasteiger partial charge in [0.25, 0.3) is 11.8 Å². The minimum Gasteiger partial charge on any atom is -0.465 e. The number of nitriles is 2. The van der Waals surface area contributed by atoms with E-state index in [0.717, 1.165) is 0 Å². The minimum absolute atomic E-state index is 0.00324. The van der Waals surface area contributed by atoms with Crippen LogP contribution in [-0.2, 0) is 14.3 Å². The molecule has 1 aromatic rings. The normalized spacial score (nSPS) is 19.1. The zero-order valence-corrected chi connectivity index (χ0v) is 12.6. The van der Waals surface area contributed by atoms with Crippen LogP contribution in [0.15, 0.2) is 33.0 Å². The van der Waals surface area contributed by atoms with Crippen molar-refractivity contribution in [1.82, 2.24) is 10.9 Å². The zero-order valence-electron chi connectivity index (χ0n) is 12.6. The lowest BCUT2D eigenvalue weighted by Crippen LogP contribution is -2.27. The summed E-state index contributed by atoms with van der Waals surface area (Å²) in [5.74, 6) is -1.46. The van der Waals surface area contributed by atoms with Crippen molar-refractivity contribution in [1.29, 1.82) is 15.9 Å². The fraction of sp³-hybridized carbons (Fsp3) is 0.214. The van der Waals surface area contributed by atoms with E-state index < -0.39 is 36.7 Å². The first kappa shape index (κ1) is 17.4. The average Bonchev–Trinajstić information content (AvgIpc) is 3.19. The van der Waals surface area contributed by atoms with Crippen molar-refractivity contribution in [2.75, 3.05) is 0 Å². The van der Waals surface area contributed by atoms with Crippen molar-refractivity contribution in [3.05, 3.63) is 24.2 Å². The molecular weight excluding hydrogens is 330 g/mol. The molecule has 1 fully saturated rings. The quantitative estimate of drug-likeness (QED) is 0.639. The molecule has 0 bridgehead atoms. The average molecular weight is 341 g/mol. The van der Waals surface area contributed by atoms with Crippen molar-refractivity contribution in [3.63, 3.8) is 0 Å². The molecule has 0 saturated carbocycles. The van der Waals surface area contributed by atoms with E-state index in [4.69, 9.17) is 25.1 Å². The third kappa shape index (κ3) is 4.27. The van der Waals surface area contributed by atoms with Crippen LogP contribution >= 0.6 is 0 Å². The van der Waals surface area contributed by atoms with Crippen LogP contribution in [0.4, 0.5) is 0 Å². The third-order valence-electron chi connectivity index (χ3n) is 2.82. The van der Waals surface area contributed by atoms with Crippen LogP contribution in [-0.4, -0.2) is 29.1 Å². The number of furan rings is 1. The first-order chi connectivity index (χ1) is 12.1. The van der Waals surface area contributed by atoms with Gasteiger partial charge in [-0.15, -0.1) is 0 Å². The van der Waals surface area contributed by atoms with Crippen molar-refractivity contribution >= 4 is 29.1 Å². The van der Waals surface area contributed by atoms with Crippen molar-refractivity contribution < 1.29 is 18.7 Å². The van der Waals surface area contributed by atoms with Crippen LogP contribution in [0.1, 0.15) is 24.7 Å². The highest BCUT2D eigenvalue weighted by molar-refractivity contribution is 6.69. The molecule has 1 atom stereocenters. The molecule has 0 aliphatic carbocycles. The van der Waals surface area contributed by atoms with Crippen molar-refractivity contribution in [2.45, 2.75) is 18.9 Å². The van der Waals surface area contributed by atoms with Gasteiger partial charge >= 0.3 is 0 Å². The standard InChI is InChI=1S/C14H11N7O4/c15-5-3-9(22)18-20-11-12(21-19-10(23)4-6-16)14(17)25-13(11)8-2-1-7-24-8/h1-2,7,13,17H,3-4H2,(H,18,22)(H,19,23). The number of nitrogens with zero attached hydrogens (tertiary/aromatic N) is 4. The number of amides is 2. The maximum absolute atomic E-state index is 11.4. The fourth-order valence-electron chi connectivity index (χ4n) is 1.79. The molecule has 11 nitrogen and oxygen atoms in total. The molecule has 1 saturated heterocycles. The van der Waals surface area contributed by atoms with Crippen LogP contribution in [0, 0.1) is 28.1 Å². The van der Waals surface area contributed by atoms with Crippen LogP contribution < -0.4 is 10.9 Å². The summed E-state index contributed by atoms with van der Waals surface area (Å²) in [7, 11) is 0. The summed E-state index contributed by atoms with van der Waals surface area (Å²) in [5, 5.41) is 32.3. The molecule has 0 radical (unpaired) electrons. The molecule has 1 unspecified atom stereocenters. The molecule has 0 aromatic carbocycles. The Kier molecular flexibility index (Phi) is 5.58. The summed E-state index contributed by atoms with van der Waals surface area (Å²) in [6.07, 6.45) is -0.404. The molecule has 0 spiro atoms. The highest BCUT2D eigenvalue weighted by atomic mass is 16.5. The Bertz CT molecular complexity index is 826. The van der Waals surface area contributed by atoms with Crippen LogP contribution in [0.2, 0.25) is 0 Å². The molecular formula is C14H11N7O4. The maximum Gasteiger partial charge on any atom is 0.254 e. The first-order valence-electron chi connectivity index (χ1n) is 6.83. The lowest BCUT2D eigenvalue weighted by molar-refractivity contribution is -0.120. The Hall–Kier alpha value is -3.99. The summed E-state index contributed by atoms with van der Waals surface area (Å²) in [6.45, 7) is 0. The number of rotatable bonds is 5. The number of nitrogens with one attached hydrogen (secondary N) is 3. The molecule has 2 rings (SSSR count). The van der Waals surface area contributed by atoms with Crippen molar-refractivity contribution in [3.8, 4) is 12.1 Å². The second-order valence-electron chi connectivity index (χ2n) is 4.54. The Morgan fingerprint density at radius 3 is 2.40 bits per heavy atom. The molecule has 25 heavy (non-hydrogen) atoms. The van der Waals surface area contributed by atoms with E-state index in [0.29, 0.717) is 5.76 Å². The van der Waals surface area contributed by atoms with Gasteiger partial charge in [-0.1, -0.05) is 0 Å². The highest BCUT2D eigenvalue weighted by Crippen LogP contribution is 2.26. The van der Waals surface area contributed by atoms with E-state index in [1.807, 2.05) is 0 Å². The van der Waals surface area contributed by atoms with Gasteiger partial charge in [-0.2, -0.15) is 20.7 Å². The number of hydrogen-bond donors (Lipinski definition) is 3. The maximum atomic E-state index is 11.4. The topological polar surface area (TPSA) is 177 Å². The van der Waals surface area contributed by atoms with E-state index in [1.165, 1.54) is 6.26 Å². The first-order valence-corrected chi connectivity index (χ1v) is 6.83. The molecule has 2 amide bonds. The second kappa shape index (κ2) is 8.03. The van der Waals surface area contributed by atoms with Gasteiger partial charge in [0, 0.05) is 0 Å². The Labute approximate surface area is 141 Å². The van der Waals surface area contributed by atoms with Gasteiger partial charge in [0.1, 0.15) is 18.6 Å². The lowest BCUT2D eigenvalue weighted by atomic mass is 10.1. The summed E-state index contributed by atoms with van der Waals surface area (Å²) >= 11 is 0. The monoisotopic (exact) mass is 341 g/mol. The number of ether oxygens (including phenoxy) is 1. The number of carbonyl (C=O) groups is 2. The summed E-state index contributed by atoms with van der Waals surface area (Å²) < 4.78 is 10.5. The summed E-state index contributed by atoms with van der Waals surface area (Å²) in [4.78, 5) is 22.8. The van der Waals surface area contributed by atoms with Gasteiger partial charge in [-0.05, 0) is 12.1 Å². The van der Waals surface area contributed by atoms with Gasteiger partial charge in [0.2, 0.25) is 12.0 Å². The highest BCUT2D eigenvalue weighted by Gasteiger charge is 2.39. The predicted octanol–water partition coefficient (Wildman–Crippen LogP) is 0.0999. The zero-order chi connectivity index (χ0) is 18.2. The number of hydrazone groups is 2. The van der Waals surface area contributed by atoms with Crippen molar-refractivity contribution in [2.24, 2.45) is 10.2 Å². The molecule has 1 aliphatic heterocycles. The molecule has 1 aliphatic rings. The Morgan fingerprint density at radius 2 is 1.84 bits per heavy atom. The SMILES string of the molecule is N#CCC(=O)NN=C1C(=N)OC(c2ccco2)C1=NNC(=O)CC#N. The van der Waals surface area contributed by atoms with E-state index in [-0.39, 0.29) is 11.4 Å². The number of hydrogen-bond acceptors (Lipinski definition) is 9. The third-order valence-corrected chi connectivity index (χ3v) is 2.82. The Morgan fingerprint density at radius 1 is 1.20 bits per heavy atom. The van der Waals surface area contributed by atoms with Gasteiger partial charge in [0.15, 0.2) is 11.5 Å².